The van der Waals surface area contributed by atoms with Gasteiger partial charge in [-0.25, -0.2) is 0 Å². The highest BCUT2D eigenvalue weighted by molar-refractivity contribution is 7.17. The van der Waals surface area contributed by atoms with E-state index in [4.69, 9.17) is 9.47 Å². The number of aromatic nitrogens is 2. The zero-order valence-corrected chi connectivity index (χ0v) is 16.3. The normalized spacial score (nSPS) is 26.4. The summed E-state index contributed by atoms with van der Waals surface area (Å²) in [5.41, 5.74) is 0.640. The van der Waals surface area contributed by atoms with E-state index in [0.717, 1.165) is 31.1 Å². The molecular weight excluding hydrogens is 378 g/mol. The van der Waals surface area contributed by atoms with Gasteiger partial charge >= 0.3 is 5.19 Å². The minimum atomic E-state index is -0.0311. The quantitative estimate of drug-likeness (QED) is 0.790. The fourth-order valence-corrected chi connectivity index (χ4v) is 4.91. The number of ether oxygens (including phenoxy) is 2. The summed E-state index contributed by atoms with van der Waals surface area (Å²) in [4.78, 5) is 14.7. The van der Waals surface area contributed by atoms with Crippen molar-refractivity contribution in [2.45, 2.75) is 37.4 Å². The Morgan fingerprint density at radius 2 is 2.04 bits per heavy atom. The van der Waals surface area contributed by atoms with Gasteiger partial charge in [-0.3, -0.25) is 4.79 Å². The van der Waals surface area contributed by atoms with Crippen molar-refractivity contribution >= 4 is 22.4 Å². The van der Waals surface area contributed by atoms with Crippen LogP contribution in [0.2, 0.25) is 0 Å². The van der Waals surface area contributed by atoms with Crippen molar-refractivity contribution in [2.24, 2.45) is 0 Å². The Balaban J connectivity index is 1.18. The molecule has 148 valence electrons. The van der Waals surface area contributed by atoms with Crippen LogP contribution >= 0.6 is 11.3 Å². The molecule has 0 unspecified atom stereocenters. The first kappa shape index (κ1) is 17.8. The first-order valence-corrected chi connectivity index (χ1v) is 10.6. The number of fused-ring (bicyclic) bond motifs is 2. The molecule has 3 aliphatic rings. The van der Waals surface area contributed by atoms with Crippen LogP contribution in [0, 0.1) is 0 Å². The van der Waals surface area contributed by atoms with Crippen LogP contribution in [-0.4, -0.2) is 60.5 Å². The first-order valence-electron chi connectivity index (χ1n) is 9.75. The number of benzene rings is 1. The highest BCUT2D eigenvalue weighted by Gasteiger charge is 2.39. The van der Waals surface area contributed by atoms with Crippen molar-refractivity contribution in [2.75, 3.05) is 31.2 Å². The second kappa shape index (κ2) is 7.65. The summed E-state index contributed by atoms with van der Waals surface area (Å²) in [7, 11) is 0. The summed E-state index contributed by atoms with van der Waals surface area (Å²) in [5.74, 6) is 0.610. The molecule has 28 heavy (non-hydrogen) atoms. The Bertz CT molecular complexity index is 836. The van der Waals surface area contributed by atoms with E-state index in [0.29, 0.717) is 41.8 Å². The average molecular weight is 401 g/mol. The van der Waals surface area contributed by atoms with E-state index in [1.54, 1.807) is 24.3 Å². The number of hydrogen-bond donors (Lipinski definition) is 2. The Labute approximate surface area is 167 Å². The number of nitrogens with zero attached hydrogens (tertiary/aromatic N) is 3. The van der Waals surface area contributed by atoms with Gasteiger partial charge in [-0.2, -0.15) is 0 Å². The van der Waals surface area contributed by atoms with E-state index < -0.39 is 0 Å². The topological polar surface area (TPSA) is 88.6 Å². The SMILES string of the molecule is O=C(N[C@@H]1C[C@H]2CC[C@@H]1N2)c1ccc(Oc2nnc(N3CCOCC3)s2)cc1. The van der Waals surface area contributed by atoms with Crippen molar-refractivity contribution in [1.82, 2.24) is 20.8 Å². The predicted molar refractivity (Wildman–Crippen MR) is 105 cm³/mol. The van der Waals surface area contributed by atoms with Gasteiger partial charge in [-0.05, 0) is 54.9 Å². The smallest absolute Gasteiger partial charge is 0.301 e. The van der Waals surface area contributed by atoms with Crippen LogP contribution in [-0.2, 0) is 4.74 Å². The molecule has 0 radical (unpaired) electrons. The third-order valence-electron chi connectivity index (χ3n) is 5.62. The predicted octanol–water partition coefficient (Wildman–Crippen LogP) is 1.79. The standard InChI is InChI=1S/C19H23N5O3S/c25-17(21-16-11-13-3-6-15(16)20-13)12-1-4-14(5-2-12)27-19-23-22-18(28-19)24-7-9-26-10-8-24/h1-2,4-5,13,15-16,20H,3,6-11H2,(H,21,25)/t13-,15+,16-/m1/s1. The highest BCUT2D eigenvalue weighted by atomic mass is 32.1. The van der Waals surface area contributed by atoms with Gasteiger partial charge in [0.25, 0.3) is 5.91 Å². The molecule has 0 aliphatic carbocycles. The molecule has 1 aromatic heterocycles. The van der Waals surface area contributed by atoms with Crippen LogP contribution in [0.1, 0.15) is 29.6 Å². The van der Waals surface area contributed by atoms with E-state index in [-0.39, 0.29) is 11.9 Å². The number of nitrogens with one attached hydrogen (secondary N) is 2. The first-order chi connectivity index (χ1) is 13.7. The molecule has 2 N–H and O–H groups in total. The third kappa shape index (κ3) is 3.69. The lowest BCUT2D eigenvalue weighted by molar-refractivity contribution is 0.0931. The summed E-state index contributed by atoms with van der Waals surface area (Å²) < 4.78 is 11.2. The molecule has 1 aromatic carbocycles. The maximum atomic E-state index is 12.5. The zero-order valence-electron chi connectivity index (χ0n) is 15.5. The van der Waals surface area contributed by atoms with Crippen LogP contribution in [0.5, 0.6) is 10.9 Å². The number of rotatable bonds is 5. The van der Waals surface area contributed by atoms with Crippen LogP contribution in [0.3, 0.4) is 0 Å². The van der Waals surface area contributed by atoms with Crippen molar-refractivity contribution in [1.29, 1.82) is 0 Å². The fourth-order valence-electron chi connectivity index (χ4n) is 4.14. The molecule has 4 heterocycles. The van der Waals surface area contributed by atoms with Crippen LogP contribution < -0.4 is 20.3 Å². The third-order valence-corrected chi connectivity index (χ3v) is 6.48. The molecule has 2 aromatic rings. The number of hydrogen-bond acceptors (Lipinski definition) is 8. The van der Waals surface area contributed by atoms with Gasteiger partial charge in [0.1, 0.15) is 5.75 Å². The van der Waals surface area contributed by atoms with Gasteiger partial charge in [0.05, 0.1) is 13.2 Å². The number of carbonyl (C=O) groups excluding carboxylic acids is 1. The molecule has 2 bridgehead atoms. The summed E-state index contributed by atoms with van der Waals surface area (Å²) in [6, 6.07) is 8.40. The Morgan fingerprint density at radius 3 is 2.75 bits per heavy atom. The molecule has 0 saturated carbocycles. The number of amides is 1. The maximum Gasteiger partial charge on any atom is 0.301 e. The molecule has 3 atom stereocenters. The molecule has 8 nitrogen and oxygen atoms in total. The van der Waals surface area contributed by atoms with Gasteiger partial charge < -0.3 is 25.0 Å². The van der Waals surface area contributed by atoms with Crippen LogP contribution in [0.15, 0.2) is 24.3 Å². The molecule has 9 heteroatoms. The van der Waals surface area contributed by atoms with Gasteiger partial charge in [0.15, 0.2) is 0 Å². The fraction of sp³-hybridized carbons (Fsp3) is 0.526. The number of morpholine rings is 1. The number of carbonyl (C=O) groups is 1. The van der Waals surface area contributed by atoms with E-state index in [2.05, 4.69) is 25.7 Å². The molecule has 5 rings (SSSR count). The number of anilines is 1. The summed E-state index contributed by atoms with van der Waals surface area (Å²) in [5, 5.41) is 16.3. The highest BCUT2D eigenvalue weighted by Crippen LogP contribution is 2.31. The van der Waals surface area contributed by atoms with Crippen molar-refractivity contribution in [3.05, 3.63) is 29.8 Å². The second-order valence-electron chi connectivity index (χ2n) is 7.44. The van der Waals surface area contributed by atoms with Crippen molar-refractivity contribution in [3.8, 4) is 10.9 Å². The minimum Gasteiger partial charge on any atom is -0.430 e. The largest absolute Gasteiger partial charge is 0.430 e. The van der Waals surface area contributed by atoms with E-state index in [9.17, 15) is 4.79 Å². The average Bonchev–Trinajstić information content (AvgIpc) is 3.46. The molecule has 3 saturated heterocycles. The Kier molecular flexibility index (Phi) is 4.87. The lowest BCUT2D eigenvalue weighted by Gasteiger charge is -2.25. The molecular formula is C19H23N5O3S. The van der Waals surface area contributed by atoms with E-state index >= 15 is 0 Å². The second-order valence-corrected chi connectivity index (χ2v) is 8.36. The van der Waals surface area contributed by atoms with Gasteiger partial charge in [0, 0.05) is 36.8 Å². The molecule has 1 amide bonds. The maximum absolute atomic E-state index is 12.5. The summed E-state index contributed by atoms with van der Waals surface area (Å²) in [6.07, 6.45) is 3.40. The van der Waals surface area contributed by atoms with E-state index in [1.165, 1.54) is 17.8 Å². The molecule has 3 aliphatic heterocycles. The van der Waals surface area contributed by atoms with Gasteiger partial charge in [-0.1, -0.05) is 5.10 Å². The minimum absolute atomic E-state index is 0.0311. The lowest BCUT2D eigenvalue weighted by Crippen LogP contribution is -2.42. The lowest BCUT2D eigenvalue weighted by atomic mass is 9.95. The van der Waals surface area contributed by atoms with Gasteiger partial charge in [0.2, 0.25) is 5.13 Å². The van der Waals surface area contributed by atoms with Gasteiger partial charge in [-0.15, -0.1) is 5.10 Å². The molecule has 3 fully saturated rings. The zero-order chi connectivity index (χ0) is 18.9. The van der Waals surface area contributed by atoms with Crippen LogP contribution in [0.4, 0.5) is 5.13 Å². The summed E-state index contributed by atoms with van der Waals surface area (Å²) >= 11 is 1.41. The summed E-state index contributed by atoms with van der Waals surface area (Å²) in [6.45, 7) is 3.04. The monoisotopic (exact) mass is 401 g/mol. The molecule has 0 spiro atoms. The van der Waals surface area contributed by atoms with Crippen LogP contribution in [0.25, 0.3) is 0 Å². The van der Waals surface area contributed by atoms with Crippen molar-refractivity contribution < 1.29 is 14.3 Å². The Morgan fingerprint density at radius 1 is 1.21 bits per heavy atom. The van der Waals surface area contributed by atoms with Crippen molar-refractivity contribution in [3.63, 3.8) is 0 Å². The Hall–Kier alpha value is -2.23. The van der Waals surface area contributed by atoms with E-state index in [1.807, 2.05) is 0 Å².